The quantitative estimate of drug-likeness (QED) is 0.943. The molecule has 0 atom stereocenters. The standard InChI is InChI=1S/C15H16FNO3S/c1-10-8-12(20-3)9-11(2)15(10)21(18,19)17-14-7-5-4-6-13(14)16/h4-9,17H,1-3H3. The van der Waals surface area contributed by atoms with E-state index in [1.165, 1.54) is 25.3 Å². The SMILES string of the molecule is COc1cc(C)c(S(=O)(=O)Nc2ccccc2F)c(C)c1. The Bertz CT molecular complexity index is 749. The van der Waals surface area contributed by atoms with E-state index in [9.17, 15) is 12.8 Å². The van der Waals surface area contributed by atoms with E-state index in [0.717, 1.165) is 0 Å². The van der Waals surface area contributed by atoms with Crippen LogP contribution in [-0.4, -0.2) is 15.5 Å². The Hall–Kier alpha value is -2.08. The van der Waals surface area contributed by atoms with Crippen LogP contribution in [0.25, 0.3) is 0 Å². The highest BCUT2D eigenvalue weighted by Gasteiger charge is 2.21. The zero-order chi connectivity index (χ0) is 15.6. The molecule has 0 amide bonds. The van der Waals surface area contributed by atoms with Crippen LogP contribution < -0.4 is 9.46 Å². The Kier molecular flexibility index (Phi) is 4.18. The van der Waals surface area contributed by atoms with E-state index in [2.05, 4.69) is 4.72 Å². The Morgan fingerprint density at radius 2 is 1.67 bits per heavy atom. The molecule has 0 fully saturated rings. The summed E-state index contributed by atoms with van der Waals surface area (Å²) in [6.07, 6.45) is 0. The maximum Gasteiger partial charge on any atom is 0.262 e. The van der Waals surface area contributed by atoms with Crippen LogP contribution in [0.15, 0.2) is 41.3 Å². The van der Waals surface area contributed by atoms with Crippen molar-refractivity contribution < 1.29 is 17.5 Å². The van der Waals surface area contributed by atoms with Crippen molar-refractivity contribution in [2.24, 2.45) is 0 Å². The first-order valence-electron chi connectivity index (χ1n) is 6.27. The van der Waals surface area contributed by atoms with Gasteiger partial charge in [-0.2, -0.15) is 0 Å². The maximum atomic E-state index is 13.6. The number of rotatable bonds is 4. The number of nitrogens with one attached hydrogen (secondary N) is 1. The second-order valence-electron chi connectivity index (χ2n) is 4.68. The highest BCUT2D eigenvalue weighted by molar-refractivity contribution is 7.92. The summed E-state index contributed by atoms with van der Waals surface area (Å²) in [7, 11) is -2.35. The van der Waals surface area contributed by atoms with Crippen LogP contribution in [0, 0.1) is 19.7 Å². The minimum absolute atomic E-state index is 0.0767. The van der Waals surface area contributed by atoms with Crippen LogP contribution in [0.2, 0.25) is 0 Å². The maximum absolute atomic E-state index is 13.6. The number of sulfonamides is 1. The minimum Gasteiger partial charge on any atom is -0.497 e. The molecular formula is C15H16FNO3S. The van der Waals surface area contributed by atoms with Crippen molar-refractivity contribution in [3.05, 3.63) is 53.3 Å². The average Bonchev–Trinajstić information content (AvgIpc) is 2.40. The molecular weight excluding hydrogens is 293 g/mol. The molecule has 1 N–H and O–H groups in total. The zero-order valence-corrected chi connectivity index (χ0v) is 12.8. The third-order valence-corrected chi connectivity index (χ3v) is 4.73. The van der Waals surface area contributed by atoms with E-state index in [4.69, 9.17) is 4.74 Å². The normalized spacial score (nSPS) is 11.2. The fourth-order valence-electron chi connectivity index (χ4n) is 2.19. The number of halogens is 1. The number of anilines is 1. The van der Waals surface area contributed by atoms with Crippen molar-refractivity contribution in [1.82, 2.24) is 0 Å². The highest BCUT2D eigenvalue weighted by atomic mass is 32.2. The Balaban J connectivity index is 2.48. The second kappa shape index (κ2) is 5.73. The summed E-state index contributed by atoms with van der Waals surface area (Å²) in [5, 5.41) is 0. The summed E-state index contributed by atoms with van der Waals surface area (Å²) in [6, 6.07) is 8.89. The molecule has 4 nitrogen and oxygen atoms in total. The van der Waals surface area contributed by atoms with Gasteiger partial charge in [0.2, 0.25) is 0 Å². The monoisotopic (exact) mass is 309 g/mol. The van der Waals surface area contributed by atoms with Gasteiger partial charge in [0.1, 0.15) is 11.6 Å². The number of methoxy groups -OCH3 is 1. The summed E-state index contributed by atoms with van der Waals surface area (Å²) < 4.78 is 45.9. The Morgan fingerprint density at radius 1 is 1.10 bits per heavy atom. The van der Waals surface area contributed by atoms with Crippen molar-refractivity contribution in [2.45, 2.75) is 18.7 Å². The summed E-state index contributed by atoms with van der Waals surface area (Å²) in [6.45, 7) is 3.34. The minimum atomic E-state index is -3.87. The predicted octanol–water partition coefficient (Wildman–Crippen LogP) is 3.25. The third-order valence-electron chi connectivity index (χ3n) is 3.06. The first-order valence-corrected chi connectivity index (χ1v) is 7.76. The van der Waals surface area contributed by atoms with Gasteiger partial charge in [-0.25, -0.2) is 12.8 Å². The summed E-state index contributed by atoms with van der Waals surface area (Å²) in [5.41, 5.74) is 0.999. The molecule has 0 aliphatic carbocycles. The molecule has 0 heterocycles. The molecule has 112 valence electrons. The molecule has 0 saturated heterocycles. The molecule has 2 aromatic carbocycles. The number of hydrogen-bond donors (Lipinski definition) is 1. The lowest BCUT2D eigenvalue weighted by Crippen LogP contribution is -2.16. The van der Waals surface area contributed by atoms with E-state index >= 15 is 0 Å². The highest BCUT2D eigenvalue weighted by Crippen LogP contribution is 2.27. The molecule has 0 radical (unpaired) electrons. The lowest BCUT2D eigenvalue weighted by atomic mass is 10.1. The van der Waals surface area contributed by atoms with E-state index in [1.54, 1.807) is 32.0 Å². The first-order chi connectivity index (χ1) is 9.85. The Morgan fingerprint density at radius 3 is 2.19 bits per heavy atom. The van der Waals surface area contributed by atoms with Crippen LogP contribution >= 0.6 is 0 Å². The lowest BCUT2D eigenvalue weighted by molar-refractivity contribution is 0.413. The van der Waals surface area contributed by atoms with E-state index in [0.29, 0.717) is 16.9 Å². The van der Waals surface area contributed by atoms with Crippen molar-refractivity contribution in [1.29, 1.82) is 0 Å². The van der Waals surface area contributed by atoms with E-state index in [-0.39, 0.29) is 10.6 Å². The first kappa shape index (κ1) is 15.3. The molecule has 21 heavy (non-hydrogen) atoms. The fourth-order valence-corrected chi connectivity index (χ4v) is 3.71. The number of hydrogen-bond acceptors (Lipinski definition) is 3. The van der Waals surface area contributed by atoms with Crippen molar-refractivity contribution in [3.8, 4) is 5.75 Å². The molecule has 6 heteroatoms. The second-order valence-corrected chi connectivity index (χ2v) is 6.29. The van der Waals surface area contributed by atoms with Crippen molar-refractivity contribution in [2.75, 3.05) is 11.8 Å². The molecule has 0 aliphatic heterocycles. The van der Waals surface area contributed by atoms with Gasteiger partial charge in [-0.3, -0.25) is 4.72 Å². The largest absolute Gasteiger partial charge is 0.497 e. The van der Waals surface area contributed by atoms with Crippen LogP contribution in [-0.2, 0) is 10.0 Å². The van der Waals surface area contributed by atoms with Crippen LogP contribution in [0.5, 0.6) is 5.75 Å². The van der Waals surface area contributed by atoms with Crippen LogP contribution in [0.3, 0.4) is 0 Å². The van der Waals surface area contributed by atoms with Crippen molar-refractivity contribution >= 4 is 15.7 Å². The van der Waals surface area contributed by atoms with Gasteiger partial charge < -0.3 is 4.74 Å². The van der Waals surface area contributed by atoms with Crippen LogP contribution in [0.1, 0.15) is 11.1 Å². The molecule has 0 aliphatic rings. The molecule has 0 unspecified atom stereocenters. The summed E-state index contributed by atoms with van der Waals surface area (Å²) in [4.78, 5) is 0.131. The zero-order valence-electron chi connectivity index (χ0n) is 12.0. The van der Waals surface area contributed by atoms with Gasteiger partial charge in [-0.1, -0.05) is 12.1 Å². The van der Waals surface area contributed by atoms with E-state index < -0.39 is 15.8 Å². The molecule has 0 bridgehead atoms. The van der Waals surface area contributed by atoms with E-state index in [1.807, 2.05) is 0 Å². The van der Waals surface area contributed by atoms with Gasteiger partial charge in [0.15, 0.2) is 0 Å². The average molecular weight is 309 g/mol. The number of benzene rings is 2. The van der Waals surface area contributed by atoms with Gasteiger partial charge in [0, 0.05) is 0 Å². The Labute approximate surface area is 123 Å². The molecule has 2 aromatic rings. The van der Waals surface area contributed by atoms with Gasteiger partial charge >= 0.3 is 0 Å². The summed E-state index contributed by atoms with van der Waals surface area (Å²) >= 11 is 0. The molecule has 0 spiro atoms. The van der Waals surface area contributed by atoms with Gasteiger partial charge in [0.25, 0.3) is 10.0 Å². The van der Waals surface area contributed by atoms with Gasteiger partial charge in [-0.15, -0.1) is 0 Å². The van der Waals surface area contributed by atoms with Gasteiger partial charge in [-0.05, 0) is 49.2 Å². The van der Waals surface area contributed by atoms with Crippen molar-refractivity contribution in [3.63, 3.8) is 0 Å². The van der Waals surface area contributed by atoms with Crippen LogP contribution in [0.4, 0.5) is 10.1 Å². The topological polar surface area (TPSA) is 55.4 Å². The predicted molar refractivity (Wildman–Crippen MR) is 79.7 cm³/mol. The smallest absolute Gasteiger partial charge is 0.262 e. The number of ether oxygens (including phenoxy) is 1. The molecule has 2 rings (SSSR count). The molecule has 0 saturated carbocycles. The number of para-hydroxylation sites is 1. The third kappa shape index (κ3) is 3.16. The number of aryl methyl sites for hydroxylation is 2. The van der Waals surface area contributed by atoms with Gasteiger partial charge in [0.05, 0.1) is 17.7 Å². The summed E-state index contributed by atoms with van der Waals surface area (Å²) in [5.74, 6) is -0.0419. The molecule has 0 aromatic heterocycles. The lowest BCUT2D eigenvalue weighted by Gasteiger charge is -2.14. The fraction of sp³-hybridized carbons (Fsp3) is 0.200.